The molecule has 0 spiro atoms. The molecule has 0 bridgehead atoms. The molecule has 132 valence electrons. The van der Waals surface area contributed by atoms with E-state index in [1.165, 1.54) is 7.11 Å². The van der Waals surface area contributed by atoms with Gasteiger partial charge in [0.1, 0.15) is 5.75 Å². The molecule has 0 aliphatic rings. The molecule has 1 amide bonds. The number of methoxy groups -OCH3 is 1. The van der Waals surface area contributed by atoms with Crippen LogP contribution in [0.15, 0.2) is 59.7 Å². The lowest BCUT2D eigenvalue weighted by Gasteiger charge is -2.13. The van der Waals surface area contributed by atoms with Gasteiger partial charge in [0, 0.05) is 7.11 Å². The number of amides is 1. The third-order valence-electron chi connectivity index (χ3n) is 3.61. The van der Waals surface area contributed by atoms with Crippen LogP contribution in [-0.2, 0) is 9.53 Å². The molecule has 5 nitrogen and oxygen atoms in total. The average molecular weight is 340 g/mol. The number of hydrogen-bond donors (Lipinski definition) is 1. The number of hydrogen-bond acceptors (Lipinski definition) is 4. The van der Waals surface area contributed by atoms with Gasteiger partial charge in [-0.1, -0.05) is 43.7 Å². The molecule has 0 aliphatic carbocycles. The quantitative estimate of drug-likeness (QED) is 0.430. The highest BCUT2D eigenvalue weighted by molar-refractivity contribution is 5.85. The lowest BCUT2D eigenvalue weighted by molar-refractivity contribution is -0.131. The fourth-order valence-electron chi connectivity index (χ4n) is 2.24. The Morgan fingerprint density at radius 2 is 1.88 bits per heavy atom. The van der Waals surface area contributed by atoms with Crippen LogP contribution < -0.4 is 10.2 Å². The van der Waals surface area contributed by atoms with Crippen LogP contribution in [0.1, 0.15) is 37.0 Å². The van der Waals surface area contributed by atoms with Gasteiger partial charge in [0.25, 0.3) is 5.91 Å². The maximum absolute atomic E-state index is 12.2. The van der Waals surface area contributed by atoms with Crippen LogP contribution in [0.25, 0.3) is 0 Å². The van der Waals surface area contributed by atoms with Crippen molar-refractivity contribution in [2.24, 2.45) is 5.10 Å². The zero-order chi connectivity index (χ0) is 17.9. The summed E-state index contributed by atoms with van der Waals surface area (Å²) in [4.78, 5) is 12.2. The van der Waals surface area contributed by atoms with Crippen LogP contribution in [0.5, 0.6) is 5.75 Å². The van der Waals surface area contributed by atoms with E-state index < -0.39 is 6.10 Å². The number of ether oxygens (including phenoxy) is 2. The SMILES string of the molecule is CCCCOc1ccc(/C=N\NC(=O)[C@@H](OC)c2ccccc2)cc1. The van der Waals surface area contributed by atoms with Crippen molar-refractivity contribution in [2.75, 3.05) is 13.7 Å². The van der Waals surface area contributed by atoms with Gasteiger partial charge >= 0.3 is 0 Å². The summed E-state index contributed by atoms with van der Waals surface area (Å²) in [6.45, 7) is 2.85. The summed E-state index contributed by atoms with van der Waals surface area (Å²) in [5.41, 5.74) is 4.17. The molecule has 1 atom stereocenters. The Labute approximate surface area is 148 Å². The Morgan fingerprint density at radius 1 is 1.16 bits per heavy atom. The Bertz CT molecular complexity index is 669. The molecule has 1 N–H and O–H groups in total. The van der Waals surface area contributed by atoms with E-state index >= 15 is 0 Å². The third kappa shape index (κ3) is 6.04. The lowest BCUT2D eigenvalue weighted by atomic mass is 10.1. The van der Waals surface area contributed by atoms with Crippen molar-refractivity contribution in [2.45, 2.75) is 25.9 Å². The van der Waals surface area contributed by atoms with Crippen LogP contribution >= 0.6 is 0 Å². The second kappa shape index (κ2) is 10.3. The summed E-state index contributed by atoms with van der Waals surface area (Å²) in [5.74, 6) is 0.516. The molecule has 0 fully saturated rings. The van der Waals surface area contributed by atoms with Gasteiger partial charge in [-0.25, -0.2) is 5.43 Å². The number of carbonyl (C=O) groups is 1. The lowest BCUT2D eigenvalue weighted by Crippen LogP contribution is -2.26. The van der Waals surface area contributed by atoms with Gasteiger partial charge in [0.05, 0.1) is 12.8 Å². The number of hydrazone groups is 1. The van der Waals surface area contributed by atoms with E-state index in [9.17, 15) is 4.79 Å². The van der Waals surface area contributed by atoms with Crippen LogP contribution in [0, 0.1) is 0 Å². The van der Waals surface area contributed by atoms with E-state index in [1.54, 1.807) is 6.21 Å². The summed E-state index contributed by atoms with van der Waals surface area (Å²) in [6, 6.07) is 16.9. The first-order chi connectivity index (χ1) is 12.2. The molecule has 0 unspecified atom stereocenters. The van der Waals surface area contributed by atoms with Crippen LogP contribution in [0.4, 0.5) is 0 Å². The van der Waals surface area contributed by atoms with Crippen molar-refractivity contribution in [1.82, 2.24) is 5.43 Å². The maximum Gasteiger partial charge on any atom is 0.273 e. The molecular formula is C20H24N2O3. The smallest absolute Gasteiger partial charge is 0.273 e. The van der Waals surface area contributed by atoms with Crippen molar-refractivity contribution in [3.8, 4) is 5.75 Å². The highest BCUT2D eigenvalue weighted by Crippen LogP contribution is 2.16. The number of unbranched alkanes of at least 4 members (excludes halogenated alkanes) is 1. The number of nitrogens with zero attached hydrogens (tertiary/aromatic N) is 1. The third-order valence-corrected chi connectivity index (χ3v) is 3.61. The van der Waals surface area contributed by atoms with E-state index in [1.807, 2.05) is 54.6 Å². The zero-order valence-electron chi connectivity index (χ0n) is 14.6. The summed E-state index contributed by atoms with van der Waals surface area (Å²) < 4.78 is 10.9. The minimum atomic E-state index is -0.687. The summed E-state index contributed by atoms with van der Waals surface area (Å²) >= 11 is 0. The Morgan fingerprint density at radius 3 is 2.52 bits per heavy atom. The number of benzene rings is 2. The van der Waals surface area contributed by atoms with E-state index in [0.29, 0.717) is 0 Å². The zero-order valence-corrected chi connectivity index (χ0v) is 14.6. The van der Waals surface area contributed by atoms with Gasteiger partial charge < -0.3 is 9.47 Å². The van der Waals surface area contributed by atoms with Gasteiger partial charge in [0.2, 0.25) is 0 Å². The monoisotopic (exact) mass is 340 g/mol. The second-order valence-corrected chi connectivity index (χ2v) is 5.53. The standard InChI is InChI=1S/C20H24N2O3/c1-3-4-14-25-18-12-10-16(11-13-18)15-21-22-20(23)19(24-2)17-8-6-5-7-9-17/h5-13,15,19H,3-4,14H2,1-2H3,(H,22,23)/b21-15-/t19-/m0/s1. The van der Waals surface area contributed by atoms with Crippen molar-refractivity contribution >= 4 is 12.1 Å². The van der Waals surface area contributed by atoms with Gasteiger partial charge in [-0.05, 0) is 41.8 Å². The topological polar surface area (TPSA) is 59.9 Å². The molecule has 0 heterocycles. The molecular weight excluding hydrogens is 316 g/mol. The number of carbonyl (C=O) groups excluding carboxylic acids is 1. The summed E-state index contributed by atoms with van der Waals surface area (Å²) in [7, 11) is 1.50. The number of nitrogens with one attached hydrogen (secondary N) is 1. The van der Waals surface area contributed by atoms with Gasteiger partial charge in [-0.3, -0.25) is 4.79 Å². The highest BCUT2D eigenvalue weighted by Gasteiger charge is 2.18. The van der Waals surface area contributed by atoms with Gasteiger partial charge in [-0.2, -0.15) is 5.10 Å². The van der Waals surface area contributed by atoms with Crippen molar-refractivity contribution < 1.29 is 14.3 Å². The normalized spacial score (nSPS) is 12.1. The maximum atomic E-state index is 12.2. The van der Waals surface area contributed by atoms with E-state index in [4.69, 9.17) is 9.47 Å². The van der Waals surface area contributed by atoms with Crippen LogP contribution in [0.2, 0.25) is 0 Å². The van der Waals surface area contributed by atoms with Gasteiger partial charge in [-0.15, -0.1) is 0 Å². The molecule has 0 aliphatic heterocycles. The minimum Gasteiger partial charge on any atom is -0.494 e. The second-order valence-electron chi connectivity index (χ2n) is 5.53. The van der Waals surface area contributed by atoms with Crippen molar-refractivity contribution in [1.29, 1.82) is 0 Å². The highest BCUT2D eigenvalue weighted by atomic mass is 16.5. The largest absolute Gasteiger partial charge is 0.494 e. The molecule has 0 saturated carbocycles. The summed E-state index contributed by atoms with van der Waals surface area (Å²) in [6.07, 6.45) is 3.05. The van der Waals surface area contributed by atoms with E-state index in [2.05, 4.69) is 17.5 Å². The molecule has 2 aromatic rings. The Hall–Kier alpha value is -2.66. The van der Waals surface area contributed by atoms with Crippen molar-refractivity contribution in [3.63, 3.8) is 0 Å². The molecule has 2 rings (SSSR count). The van der Waals surface area contributed by atoms with Gasteiger partial charge in [0.15, 0.2) is 6.10 Å². The molecule has 25 heavy (non-hydrogen) atoms. The minimum absolute atomic E-state index is 0.315. The number of rotatable bonds is 9. The fourth-order valence-corrected chi connectivity index (χ4v) is 2.24. The summed E-state index contributed by atoms with van der Waals surface area (Å²) in [5, 5.41) is 4.00. The van der Waals surface area contributed by atoms with E-state index in [0.717, 1.165) is 36.3 Å². The molecule has 0 saturated heterocycles. The fraction of sp³-hybridized carbons (Fsp3) is 0.300. The predicted octanol–water partition coefficient (Wildman–Crippen LogP) is 3.70. The van der Waals surface area contributed by atoms with Crippen LogP contribution in [0.3, 0.4) is 0 Å². The molecule has 0 radical (unpaired) electrons. The Balaban J connectivity index is 1.88. The Kier molecular flexibility index (Phi) is 7.66. The van der Waals surface area contributed by atoms with Crippen LogP contribution in [-0.4, -0.2) is 25.8 Å². The molecule has 2 aromatic carbocycles. The molecule has 5 heteroatoms. The first kappa shape index (κ1) is 18.7. The molecule has 0 aromatic heterocycles. The van der Waals surface area contributed by atoms with Crippen molar-refractivity contribution in [3.05, 3.63) is 65.7 Å². The first-order valence-electron chi connectivity index (χ1n) is 8.38. The first-order valence-corrected chi connectivity index (χ1v) is 8.38. The average Bonchev–Trinajstić information content (AvgIpc) is 2.65. The van der Waals surface area contributed by atoms with E-state index in [-0.39, 0.29) is 5.91 Å². The predicted molar refractivity (Wildman–Crippen MR) is 98.8 cm³/mol.